The Kier molecular flexibility index (Phi) is 1.04. The molecule has 0 saturated carbocycles. The SMILES string of the molecule is [2H]C([2H])([2H])c1ccc2c(c1)Cc1ccccc1-2. The van der Waals surface area contributed by atoms with Crippen LogP contribution in [0.3, 0.4) is 0 Å². The van der Waals surface area contributed by atoms with Crippen LogP contribution >= 0.6 is 0 Å². The zero-order valence-corrected chi connectivity index (χ0v) is 7.75. The van der Waals surface area contributed by atoms with E-state index in [2.05, 4.69) is 12.1 Å². The molecule has 2 aromatic carbocycles. The van der Waals surface area contributed by atoms with Crippen molar-refractivity contribution in [1.29, 1.82) is 0 Å². The molecule has 2 aromatic rings. The summed E-state index contributed by atoms with van der Waals surface area (Å²) in [6.45, 7) is -2.01. The molecular weight excluding hydrogens is 168 g/mol. The zero-order chi connectivity index (χ0) is 12.0. The summed E-state index contributed by atoms with van der Waals surface area (Å²) in [5, 5.41) is 0. The van der Waals surface area contributed by atoms with Gasteiger partial charge in [-0.15, -0.1) is 0 Å². The van der Waals surface area contributed by atoms with Crippen molar-refractivity contribution < 1.29 is 4.11 Å². The Bertz CT molecular complexity index is 582. The lowest BCUT2D eigenvalue weighted by molar-refractivity contribution is 1.25. The van der Waals surface area contributed by atoms with Crippen molar-refractivity contribution in [2.75, 3.05) is 0 Å². The number of aryl methyl sites for hydroxylation is 1. The Hall–Kier alpha value is -1.56. The van der Waals surface area contributed by atoms with Gasteiger partial charge in [0.15, 0.2) is 0 Å². The van der Waals surface area contributed by atoms with E-state index in [1.807, 2.05) is 24.3 Å². The van der Waals surface area contributed by atoms with Crippen LogP contribution in [0.5, 0.6) is 0 Å². The van der Waals surface area contributed by atoms with Gasteiger partial charge in [0.2, 0.25) is 0 Å². The number of hydrogen-bond acceptors (Lipinski definition) is 0. The van der Waals surface area contributed by atoms with Crippen molar-refractivity contribution in [2.45, 2.75) is 13.3 Å². The van der Waals surface area contributed by atoms with Gasteiger partial charge in [0.05, 0.1) is 0 Å². The maximum Gasteiger partial charge on any atom is 0.0280 e. The van der Waals surface area contributed by atoms with Crippen LogP contribution in [0.1, 0.15) is 20.8 Å². The van der Waals surface area contributed by atoms with Crippen molar-refractivity contribution in [3.8, 4) is 11.1 Å². The Morgan fingerprint density at radius 3 is 2.79 bits per heavy atom. The summed E-state index contributed by atoms with van der Waals surface area (Å²) in [5.41, 5.74) is 5.25. The predicted molar refractivity (Wildman–Crippen MR) is 59.4 cm³/mol. The van der Waals surface area contributed by atoms with E-state index in [1.165, 1.54) is 16.7 Å². The molecule has 14 heavy (non-hydrogen) atoms. The van der Waals surface area contributed by atoms with E-state index in [9.17, 15) is 0 Å². The standard InChI is InChI=1S/C14H12/c1-10-6-7-14-12(8-10)9-11-4-2-3-5-13(11)14/h2-8H,9H2,1H3/i1D3. The third-order valence-corrected chi connectivity index (χ3v) is 2.79. The topological polar surface area (TPSA) is 0 Å². The fraction of sp³-hybridized carbons (Fsp3) is 0.143. The molecule has 0 spiro atoms. The van der Waals surface area contributed by atoms with Crippen LogP contribution in [0.4, 0.5) is 0 Å². The molecule has 0 heterocycles. The van der Waals surface area contributed by atoms with Gasteiger partial charge in [0.1, 0.15) is 0 Å². The Balaban J connectivity index is 2.13. The average molecular weight is 183 g/mol. The monoisotopic (exact) mass is 183 g/mol. The lowest BCUT2D eigenvalue weighted by atomic mass is 10.0. The highest BCUT2D eigenvalue weighted by molar-refractivity contribution is 5.76. The van der Waals surface area contributed by atoms with Crippen LogP contribution in [0.25, 0.3) is 11.1 Å². The lowest BCUT2D eigenvalue weighted by Crippen LogP contribution is -1.80. The number of hydrogen-bond donors (Lipinski definition) is 0. The molecule has 0 heteroatoms. The molecule has 0 aliphatic heterocycles. The molecule has 0 bridgehead atoms. The minimum atomic E-state index is -2.01. The maximum absolute atomic E-state index is 7.43. The van der Waals surface area contributed by atoms with E-state index in [-0.39, 0.29) is 0 Å². The molecule has 0 fully saturated rings. The Morgan fingerprint density at radius 2 is 1.86 bits per heavy atom. The fourth-order valence-electron chi connectivity index (χ4n) is 2.15. The zero-order valence-electron chi connectivity index (χ0n) is 10.7. The smallest absolute Gasteiger partial charge is 0.0280 e. The van der Waals surface area contributed by atoms with Crippen molar-refractivity contribution in [1.82, 2.24) is 0 Å². The van der Waals surface area contributed by atoms with E-state index in [1.54, 1.807) is 6.07 Å². The first-order chi connectivity index (χ1) is 8.05. The molecule has 0 N–H and O–H groups in total. The van der Waals surface area contributed by atoms with Gasteiger partial charge in [-0.1, -0.05) is 48.0 Å². The van der Waals surface area contributed by atoms with Crippen molar-refractivity contribution in [3.05, 3.63) is 59.2 Å². The van der Waals surface area contributed by atoms with Gasteiger partial charge >= 0.3 is 0 Å². The third-order valence-electron chi connectivity index (χ3n) is 2.79. The van der Waals surface area contributed by atoms with Crippen LogP contribution < -0.4 is 0 Å². The van der Waals surface area contributed by atoms with Gasteiger partial charge in [-0.05, 0) is 35.5 Å². The van der Waals surface area contributed by atoms with Crippen molar-refractivity contribution >= 4 is 0 Å². The van der Waals surface area contributed by atoms with Crippen molar-refractivity contribution in [3.63, 3.8) is 0 Å². The minimum Gasteiger partial charge on any atom is -0.0619 e. The van der Waals surface area contributed by atoms with E-state index >= 15 is 0 Å². The molecule has 0 atom stereocenters. The largest absolute Gasteiger partial charge is 0.0619 e. The molecule has 0 unspecified atom stereocenters. The summed E-state index contributed by atoms with van der Waals surface area (Å²) in [4.78, 5) is 0. The lowest BCUT2D eigenvalue weighted by Gasteiger charge is -2.00. The van der Waals surface area contributed by atoms with E-state index in [0.29, 0.717) is 5.56 Å². The molecule has 0 radical (unpaired) electrons. The number of fused-ring (bicyclic) bond motifs is 3. The van der Waals surface area contributed by atoms with Gasteiger partial charge in [0.25, 0.3) is 0 Å². The summed E-state index contributed by atoms with van der Waals surface area (Å²) in [5.74, 6) is 0. The summed E-state index contributed by atoms with van der Waals surface area (Å²) >= 11 is 0. The fourth-order valence-corrected chi connectivity index (χ4v) is 2.15. The first-order valence-corrected chi connectivity index (χ1v) is 4.77. The Labute approximate surface area is 88.4 Å². The second-order valence-corrected chi connectivity index (χ2v) is 3.71. The second-order valence-electron chi connectivity index (χ2n) is 3.71. The normalized spacial score (nSPS) is 16.4. The third kappa shape index (κ3) is 1.00. The quantitative estimate of drug-likeness (QED) is 0.500. The molecular formula is C14H12. The van der Waals surface area contributed by atoms with E-state index in [4.69, 9.17) is 4.11 Å². The van der Waals surface area contributed by atoms with Gasteiger partial charge in [-0.25, -0.2) is 0 Å². The molecule has 0 saturated heterocycles. The minimum absolute atomic E-state index is 0.434. The second kappa shape index (κ2) is 2.71. The highest BCUT2D eigenvalue weighted by Gasteiger charge is 2.16. The molecule has 1 aliphatic carbocycles. The maximum atomic E-state index is 7.43. The highest BCUT2D eigenvalue weighted by Crippen LogP contribution is 2.36. The van der Waals surface area contributed by atoms with E-state index in [0.717, 1.165) is 12.0 Å². The molecule has 3 rings (SSSR count). The number of benzene rings is 2. The van der Waals surface area contributed by atoms with Crippen LogP contribution in [-0.2, 0) is 6.42 Å². The number of rotatable bonds is 0. The van der Waals surface area contributed by atoms with Gasteiger partial charge < -0.3 is 0 Å². The summed E-state index contributed by atoms with van der Waals surface area (Å²) in [6, 6.07) is 13.7. The van der Waals surface area contributed by atoms with Crippen LogP contribution in [0.15, 0.2) is 42.5 Å². The first kappa shape index (κ1) is 5.35. The first-order valence-electron chi connectivity index (χ1n) is 6.27. The Morgan fingerprint density at radius 1 is 1.00 bits per heavy atom. The van der Waals surface area contributed by atoms with Gasteiger partial charge in [-0.3, -0.25) is 0 Å². The average Bonchev–Trinajstić information content (AvgIpc) is 2.65. The predicted octanol–water partition coefficient (Wildman–Crippen LogP) is 3.57. The molecule has 0 nitrogen and oxygen atoms in total. The van der Waals surface area contributed by atoms with Gasteiger partial charge in [-0.2, -0.15) is 0 Å². The molecule has 68 valence electrons. The van der Waals surface area contributed by atoms with Gasteiger partial charge in [0, 0.05) is 4.11 Å². The highest BCUT2D eigenvalue weighted by atomic mass is 14.2. The molecule has 1 aliphatic rings. The summed E-state index contributed by atoms with van der Waals surface area (Å²) < 4.78 is 22.3. The van der Waals surface area contributed by atoms with E-state index < -0.39 is 6.85 Å². The molecule has 0 aromatic heterocycles. The summed E-state index contributed by atoms with van der Waals surface area (Å²) in [7, 11) is 0. The van der Waals surface area contributed by atoms with Crippen LogP contribution in [0.2, 0.25) is 0 Å². The van der Waals surface area contributed by atoms with Crippen LogP contribution in [-0.4, -0.2) is 0 Å². The summed E-state index contributed by atoms with van der Waals surface area (Å²) in [6.07, 6.45) is 0.843. The van der Waals surface area contributed by atoms with Crippen LogP contribution in [0, 0.1) is 6.85 Å². The molecule has 0 amide bonds. The van der Waals surface area contributed by atoms with Crippen molar-refractivity contribution in [2.24, 2.45) is 0 Å².